The molecule has 0 aromatic carbocycles. The fourth-order valence-electron chi connectivity index (χ4n) is 1.53. The maximum Gasteiger partial charge on any atom is 0.313 e. The zero-order valence-electron chi connectivity index (χ0n) is 9.65. The number of carboxylic acids is 1. The van der Waals surface area contributed by atoms with Crippen molar-refractivity contribution in [1.29, 1.82) is 0 Å². The van der Waals surface area contributed by atoms with E-state index >= 15 is 0 Å². The van der Waals surface area contributed by atoms with Crippen molar-refractivity contribution in [3.8, 4) is 0 Å². The van der Waals surface area contributed by atoms with Crippen molar-refractivity contribution in [2.45, 2.75) is 38.6 Å². The first-order valence-corrected chi connectivity index (χ1v) is 6.89. The molecule has 1 aliphatic carbocycles. The van der Waals surface area contributed by atoms with E-state index in [0.29, 0.717) is 11.8 Å². The Hall–Kier alpha value is -0.710. The van der Waals surface area contributed by atoms with Gasteiger partial charge in [0.05, 0.1) is 11.5 Å². The molecule has 1 amide bonds. The van der Waals surface area contributed by atoms with Gasteiger partial charge in [-0.25, -0.2) is 0 Å². The van der Waals surface area contributed by atoms with E-state index in [4.69, 9.17) is 5.11 Å². The van der Waals surface area contributed by atoms with Gasteiger partial charge in [0.15, 0.2) is 0 Å². The molecular formula is C11H19NO3S. The summed E-state index contributed by atoms with van der Waals surface area (Å²) in [5, 5.41) is 8.48. The molecule has 1 N–H and O–H groups in total. The third-order valence-corrected chi connectivity index (χ3v) is 3.41. The van der Waals surface area contributed by atoms with Crippen LogP contribution in [-0.4, -0.2) is 46.0 Å². The van der Waals surface area contributed by atoms with Crippen LogP contribution in [0.1, 0.15) is 32.6 Å². The average molecular weight is 245 g/mol. The molecule has 1 rings (SSSR count). The summed E-state index contributed by atoms with van der Waals surface area (Å²) in [5.74, 6) is -0.448. The summed E-state index contributed by atoms with van der Waals surface area (Å²) in [6.45, 7) is 2.93. The summed E-state index contributed by atoms with van der Waals surface area (Å²) >= 11 is 1.19. The van der Waals surface area contributed by atoms with Crippen LogP contribution in [0, 0.1) is 0 Å². The fraction of sp³-hybridized carbons (Fsp3) is 0.818. The molecule has 0 aromatic heterocycles. The normalized spacial score (nSPS) is 14.8. The van der Waals surface area contributed by atoms with Crippen LogP contribution in [0.5, 0.6) is 0 Å². The first-order chi connectivity index (χ1) is 7.65. The standard InChI is InChI=1S/C11H19NO3S/c1-2-3-6-12(9-4-5-9)10(13)7-16-8-11(14)15/h9H,2-8H2,1H3,(H,14,15). The summed E-state index contributed by atoms with van der Waals surface area (Å²) in [5.41, 5.74) is 0. The van der Waals surface area contributed by atoms with E-state index in [0.717, 1.165) is 32.2 Å². The second-order valence-corrected chi connectivity index (χ2v) is 5.04. The van der Waals surface area contributed by atoms with Gasteiger partial charge in [-0.1, -0.05) is 13.3 Å². The van der Waals surface area contributed by atoms with Crippen LogP contribution in [0.15, 0.2) is 0 Å². The number of carboxylic acid groups (broad SMARTS) is 1. The maximum atomic E-state index is 11.8. The van der Waals surface area contributed by atoms with Crippen molar-refractivity contribution in [1.82, 2.24) is 4.90 Å². The number of carbonyl (C=O) groups is 2. The van der Waals surface area contributed by atoms with Gasteiger partial charge in [0.1, 0.15) is 0 Å². The van der Waals surface area contributed by atoms with Gasteiger partial charge in [-0.3, -0.25) is 9.59 Å². The molecule has 0 radical (unpaired) electrons. The van der Waals surface area contributed by atoms with E-state index in [2.05, 4.69) is 6.92 Å². The van der Waals surface area contributed by atoms with Crippen LogP contribution in [-0.2, 0) is 9.59 Å². The first kappa shape index (κ1) is 13.4. The third kappa shape index (κ3) is 4.88. The number of nitrogens with zero attached hydrogens (tertiary/aromatic N) is 1. The Morgan fingerprint density at radius 3 is 2.56 bits per heavy atom. The molecule has 0 aromatic rings. The van der Waals surface area contributed by atoms with Crippen molar-refractivity contribution >= 4 is 23.6 Å². The maximum absolute atomic E-state index is 11.8. The van der Waals surface area contributed by atoms with Crippen molar-refractivity contribution in [3.63, 3.8) is 0 Å². The highest BCUT2D eigenvalue weighted by Crippen LogP contribution is 2.27. The number of hydrogen-bond donors (Lipinski definition) is 1. The lowest BCUT2D eigenvalue weighted by molar-refractivity contribution is -0.133. The Morgan fingerprint density at radius 2 is 2.06 bits per heavy atom. The summed E-state index contributed by atoms with van der Waals surface area (Å²) in [6, 6.07) is 0.435. The molecule has 5 heteroatoms. The number of amides is 1. The predicted octanol–water partition coefficient (Wildman–Crippen LogP) is 1.60. The van der Waals surface area contributed by atoms with Gasteiger partial charge in [-0.05, 0) is 19.3 Å². The topological polar surface area (TPSA) is 57.6 Å². The summed E-state index contributed by atoms with van der Waals surface area (Å²) in [7, 11) is 0. The third-order valence-electron chi connectivity index (χ3n) is 2.51. The SMILES string of the molecule is CCCCN(C(=O)CSCC(=O)O)C1CC1. The monoisotopic (exact) mass is 245 g/mol. The second kappa shape index (κ2) is 6.78. The molecule has 1 aliphatic rings. The molecular weight excluding hydrogens is 226 g/mol. The zero-order valence-corrected chi connectivity index (χ0v) is 10.5. The minimum Gasteiger partial charge on any atom is -0.481 e. The molecule has 1 fully saturated rings. The lowest BCUT2D eigenvalue weighted by Gasteiger charge is -2.21. The second-order valence-electron chi connectivity index (χ2n) is 4.06. The van der Waals surface area contributed by atoms with E-state index in [1.165, 1.54) is 11.8 Å². The van der Waals surface area contributed by atoms with E-state index < -0.39 is 5.97 Å². The zero-order chi connectivity index (χ0) is 12.0. The number of rotatable bonds is 8. The highest BCUT2D eigenvalue weighted by Gasteiger charge is 2.31. The van der Waals surface area contributed by atoms with Gasteiger partial charge in [0, 0.05) is 12.6 Å². The predicted molar refractivity (Wildman–Crippen MR) is 64.6 cm³/mol. The van der Waals surface area contributed by atoms with Gasteiger partial charge in [-0.2, -0.15) is 0 Å². The first-order valence-electron chi connectivity index (χ1n) is 5.74. The fourth-order valence-corrected chi connectivity index (χ4v) is 2.15. The van der Waals surface area contributed by atoms with Gasteiger partial charge in [0.25, 0.3) is 0 Å². The molecule has 92 valence electrons. The van der Waals surface area contributed by atoms with Gasteiger partial charge < -0.3 is 10.0 Å². The van der Waals surface area contributed by atoms with Gasteiger partial charge in [0.2, 0.25) is 5.91 Å². The number of aliphatic carboxylic acids is 1. The van der Waals surface area contributed by atoms with Gasteiger partial charge >= 0.3 is 5.97 Å². The molecule has 0 saturated heterocycles. The summed E-state index contributed by atoms with van der Waals surface area (Å²) in [4.78, 5) is 24.1. The van der Waals surface area contributed by atoms with E-state index in [1.807, 2.05) is 4.90 Å². The molecule has 16 heavy (non-hydrogen) atoms. The summed E-state index contributed by atoms with van der Waals surface area (Å²) in [6.07, 6.45) is 4.34. The van der Waals surface area contributed by atoms with Crippen LogP contribution < -0.4 is 0 Å². The van der Waals surface area contributed by atoms with Gasteiger partial charge in [-0.15, -0.1) is 11.8 Å². The molecule has 0 unspecified atom stereocenters. The van der Waals surface area contributed by atoms with E-state index in [9.17, 15) is 9.59 Å². The van der Waals surface area contributed by atoms with Crippen LogP contribution in [0.25, 0.3) is 0 Å². The minimum absolute atomic E-state index is 0.0119. The lowest BCUT2D eigenvalue weighted by Crippen LogP contribution is -2.35. The minimum atomic E-state index is -0.857. The molecule has 1 saturated carbocycles. The number of thioether (sulfide) groups is 1. The van der Waals surface area contributed by atoms with E-state index in [-0.39, 0.29) is 11.7 Å². The number of hydrogen-bond acceptors (Lipinski definition) is 3. The highest BCUT2D eigenvalue weighted by molar-refractivity contribution is 8.00. The van der Waals surface area contributed by atoms with Crippen LogP contribution in [0.4, 0.5) is 0 Å². The quantitative estimate of drug-likeness (QED) is 0.705. The average Bonchev–Trinajstić information content (AvgIpc) is 3.02. The highest BCUT2D eigenvalue weighted by atomic mass is 32.2. The smallest absolute Gasteiger partial charge is 0.313 e. The van der Waals surface area contributed by atoms with Crippen molar-refractivity contribution in [3.05, 3.63) is 0 Å². The van der Waals surface area contributed by atoms with Crippen LogP contribution in [0.2, 0.25) is 0 Å². The Kier molecular flexibility index (Phi) is 5.66. The molecule has 0 spiro atoms. The van der Waals surface area contributed by atoms with Crippen LogP contribution in [0.3, 0.4) is 0 Å². The molecule has 0 heterocycles. The molecule has 0 aliphatic heterocycles. The van der Waals surface area contributed by atoms with Crippen molar-refractivity contribution in [2.75, 3.05) is 18.1 Å². The number of carbonyl (C=O) groups excluding carboxylic acids is 1. The Labute approximate surface area is 100 Å². The Balaban J connectivity index is 2.26. The Morgan fingerprint density at radius 1 is 1.38 bits per heavy atom. The van der Waals surface area contributed by atoms with Crippen molar-refractivity contribution < 1.29 is 14.7 Å². The molecule has 0 atom stereocenters. The number of unbranched alkanes of at least 4 members (excludes halogenated alkanes) is 1. The largest absolute Gasteiger partial charge is 0.481 e. The Bertz CT molecular complexity index is 254. The molecule has 4 nitrogen and oxygen atoms in total. The lowest BCUT2D eigenvalue weighted by atomic mass is 10.3. The van der Waals surface area contributed by atoms with Crippen molar-refractivity contribution in [2.24, 2.45) is 0 Å². The molecule has 0 bridgehead atoms. The summed E-state index contributed by atoms with van der Waals surface area (Å²) < 4.78 is 0. The van der Waals surface area contributed by atoms with E-state index in [1.54, 1.807) is 0 Å². The van der Waals surface area contributed by atoms with Crippen LogP contribution >= 0.6 is 11.8 Å².